The van der Waals surface area contributed by atoms with E-state index in [9.17, 15) is 0 Å². The molecule has 0 heterocycles. The first-order valence-electron chi connectivity index (χ1n) is 36.9. The fraction of sp³-hybridized carbons (Fsp3) is 0.778. The maximum Gasteiger partial charge on any atom is 0.0452 e. The number of hydrogen-bond acceptors (Lipinski definition) is 0. The summed E-state index contributed by atoms with van der Waals surface area (Å²) in [5.74, 6) is 22.2. The fourth-order valence-corrected chi connectivity index (χ4v) is 12.2. The zero-order chi connectivity index (χ0) is 57.7. The molecule has 0 amide bonds. The predicted molar refractivity (Wildman–Crippen MR) is 366 cm³/mol. The third-order valence-corrected chi connectivity index (χ3v) is 17.7. The molecule has 0 saturated heterocycles. The van der Waals surface area contributed by atoms with Crippen LogP contribution < -0.4 is 0 Å². The summed E-state index contributed by atoms with van der Waals surface area (Å²) in [4.78, 5) is 0. The largest absolute Gasteiger partial charge is 0.0979 e. The lowest BCUT2D eigenvalue weighted by atomic mass is 9.89. The summed E-state index contributed by atoms with van der Waals surface area (Å²) in [6.45, 7) is 9.21. The Morgan fingerprint density at radius 1 is 0.247 bits per heavy atom. The van der Waals surface area contributed by atoms with Gasteiger partial charge < -0.3 is 0 Å². The van der Waals surface area contributed by atoms with Crippen molar-refractivity contribution in [3.8, 4) is 35.5 Å². The van der Waals surface area contributed by atoms with Crippen molar-refractivity contribution in [3.63, 3.8) is 0 Å². The molecule has 0 N–H and O–H groups in total. The summed E-state index contributed by atoms with van der Waals surface area (Å²) in [5.41, 5.74) is 4.95. The molecule has 0 bridgehead atoms. The number of benzene rings is 2. The quantitative estimate of drug-likeness (QED) is 0.0457. The summed E-state index contributed by atoms with van der Waals surface area (Å²) in [6.07, 6.45) is 79.5. The van der Waals surface area contributed by atoms with Gasteiger partial charge in [-0.25, -0.2) is 0 Å². The van der Waals surface area contributed by atoms with Crippen LogP contribution in [-0.4, -0.2) is 0 Å². The monoisotopic (exact) mass is 1110 g/mol. The molecule has 0 aliphatic carbocycles. The maximum absolute atomic E-state index is 3.82. The van der Waals surface area contributed by atoms with Gasteiger partial charge in [0.1, 0.15) is 0 Å². The number of rotatable bonds is 57. The van der Waals surface area contributed by atoms with Gasteiger partial charge in [0.25, 0.3) is 0 Å². The van der Waals surface area contributed by atoms with Crippen LogP contribution in [0, 0.1) is 35.5 Å². The van der Waals surface area contributed by atoms with Crippen molar-refractivity contribution < 1.29 is 0 Å². The van der Waals surface area contributed by atoms with Crippen molar-refractivity contribution in [1.29, 1.82) is 0 Å². The molecule has 0 nitrogen and oxygen atoms in total. The predicted octanol–water partition coefficient (Wildman–Crippen LogP) is 27.6. The molecule has 0 aliphatic heterocycles. The van der Waals surface area contributed by atoms with Gasteiger partial charge in [0.05, 0.1) is 0 Å². The standard InChI is InChI=1S/C81H136/c1-5-9-12-14-16-18-20-22-24-26-28-30-32-34-36-38-40-42-44-46-48-50-52-54-56-58-60-65-76-67-62-70-80(74-76)78(64-8-4)72-73-79(69-11-7-3)81-71-63-68-77(75-81)66-61-59-57-55-53-51-49-47-45-43-41-39-37-35-33-31-29-27-25-23-21-19-17-15-13-10-6-2/h62-63,67-68,70-71,74-75,78-79H,5-59,64,69H2,1-4H3. The molecule has 2 aromatic carbocycles. The van der Waals surface area contributed by atoms with E-state index in [4.69, 9.17) is 0 Å². The Balaban J connectivity index is 1.54. The van der Waals surface area contributed by atoms with Crippen molar-refractivity contribution in [1.82, 2.24) is 0 Å². The molecule has 0 radical (unpaired) electrons. The number of hydrogen-bond donors (Lipinski definition) is 0. The Hall–Kier alpha value is -2.88. The van der Waals surface area contributed by atoms with E-state index in [0.29, 0.717) is 0 Å². The minimum atomic E-state index is 0.237. The molecule has 2 unspecified atom stereocenters. The maximum atomic E-state index is 3.82. The van der Waals surface area contributed by atoms with Crippen LogP contribution in [-0.2, 0) is 0 Å². The van der Waals surface area contributed by atoms with Gasteiger partial charge in [-0.1, -0.05) is 415 Å². The summed E-state index contributed by atoms with van der Waals surface area (Å²) in [5, 5.41) is 0. The van der Waals surface area contributed by atoms with Gasteiger partial charge in [-0.15, -0.1) is 0 Å². The first kappa shape index (κ1) is 74.2. The van der Waals surface area contributed by atoms with Gasteiger partial charge in [0, 0.05) is 35.8 Å². The fourth-order valence-electron chi connectivity index (χ4n) is 12.2. The van der Waals surface area contributed by atoms with E-state index >= 15 is 0 Å². The third kappa shape index (κ3) is 48.1. The van der Waals surface area contributed by atoms with Crippen molar-refractivity contribution in [2.45, 2.75) is 406 Å². The van der Waals surface area contributed by atoms with Gasteiger partial charge in [-0.05, 0) is 61.1 Å². The topological polar surface area (TPSA) is 0 Å². The first-order valence-corrected chi connectivity index (χ1v) is 36.9. The Kier molecular flexibility index (Phi) is 55.2. The second-order valence-electron chi connectivity index (χ2n) is 25.6. The van der Waals surface area contributed by atoms with Gasteiger partial charge in [0.15, 0.2) is 0 Å². The Morgan fingerprint density at radius 3 is 0.728 bits per heavy atom. The van der Waals surface area contributed by atoms with Crippen LogP contribution >= 0.6 is 0 Å². The normalized spacial score (nSPS) is 11.9. The van der Waals surface area contributed by atoms with Crippen molar-refractivity contribution in [2.24, 2.45) is 0 Å². The second-order valence-corrected chi connectivity index (χ2v) is 25.6. The molecule has 0 fully saturated rings. The van der Waals surface area contributed by atoms with Crippen LogP contribution in [0.15, 0.2) is 48.5 Å². The van der Waals surface area contributed by atoms with Crippen LogP contribution in [0.25, 0.3) is 0 Å². The van der Waals surface area contributed by atoms with E-state index in [1.54, 1.807) is 0 Å². The molecule has 2 aromatic rings. The van der Waals surface area contributed by atoms with Crippen LogP contribution in [0.5, 0.6) is 0 Å². The molecular formula is C81H136. The molecule has 0 aliphatic rings. The van der Waals surface area contributed by atoms with E-state index in [2.05, 4.69) is 112 Å². The van der Waals surface area contributed by atoms with Crippen LogP contribution in [0.2, 0.25) is 0 Å². The smallest absolute Gasteiger partial charge is 0.0452 e. The van der Waals surface area contributed by atoms with Gasteiger partial charge in [-0.3, -0.25) is 0 Å². The van der Waals surface area contributed by atoms with Crippen molar-refractivity contribution >= 4 is 0 Å². The average molecular weight is 1110 g/mol. The SMILES string of the molecule is CCCCCCCCCCCCCCCCCCCCCCCCCCCC#Cc1cccc(C(C#CC(CCCC)c2cccc(C#CCCCCCCCCCCCCCCCCCCCCCCCCCCC)c2)CCC)c1. The minimum absolute atomic E-state index is 0.237. The zero-order valence-corrected chi connectivity index (χ0v) is 55.1. The highest BCUT2D eigenvalue weighted by atomic mass is 14.2. The van der Waals surface area contributed by atoms with Gasteiger partial charge in [0.2, 0.25) is 0 Å². The van der Waals surface area contributed by atoms with Crippen LogP contribution in [0.3, 0.4) is 0 Å². The molecule has 2 atom stereocenters. The molecule has 81 heavy (non-hydrogen) atoms. The van der Waals surface area contributed by atoms with Crippen LogP contribution in [0.1, 0.15) is 428 Å². The number of unbranched alkanes of at least 4 members (excludes halogenated alkanes) is 51. The molecule has 0 saturated carbocycles. The molecular weight excluding hydrogens is 973 g/mol. The Bertz CT molecular complexity index is 1810. The highest BCUT2D eigenvalue weighted by Crippen LogP contribution is 2.27. The van der Waals surface area contributed by atoms with E-state index < -0.39 is 0 Å². The lowest BCUT2D eigenvalue weighted by Gasteiger charge is -2.14. The Labute approximate surface area is 509 Å². The molecule has 0 heteroatoms. The lowest BCUT2D eigenvalue weighted by molar-refractivity contribution is 0.516. The third-order valence-electron chi connectivity index (χ3n) is 17.7. The zero-order valence-electron chi connectivity index (χ0n) is 55.1. The van der Waals surface area contributed by atoms with Gasteiger partial charge >= 0.3 is 0 Å². The minimum Gasteiger partial charge on any atom is -0.0979 e. The summed E-state index contributed by atoms with van der Waals surface area (Å²) < 4.78 is 0. The average Bonchev–Trinajstić information content (AvgIpc) is 3.49. The summed E-state index contributed by atoms with van der Waals surface area (Å²) in [7, 11) is 0. The van der Waals surface area contributed by atoms with E-state index in [-0.39, 0.29) is 11.8 Å². The van der Waals surface area contributed by atoms with Crippen molar-refractivity contribution in [2.75, 3.05) is 0 Å². The highest BCUT2D eigenvalue weighted by molar-refractivity contribution is 5.43. The highest BCUT2D eigenvalue weighted by Gasteiger charge is 2.12. The molecule has 0 spiro atoms. The van der Waals surface area contributed by atoms with E-state index in [1.807, 2.05) is 0 Å². The Morgan fingerprint density at radius 2 is 0.481 bits per heavy atom. The first-order chi connectivity index (χ1) is 40.2. The summed E-state index contributed by atoms with van der Waals surface area (Å²) >= 11 is 0. The second kappa shape index (κ2) is 60.2. The lowest BCUT2D eigenvalue weighted by Crippen LogP contribution is -2.00. The molecule has 460 valence electrons. The molecule has 2 rings (SSSR count). The van der Waals surface area contributed by atoms with Gasteiger partial charge in [-0.2, -0.15) is 0 Å². The van der Waals surface area contributed by atoms with Crippen LogP contribution in [0.4, 0.5) is 0 Å². The van der Waals surface area contributed by atoms with Crippen molar-refractivity contribution in [3.05, 3.63) is 70.8 Å². The summed E-state index contributed by atoms with van der Waals surface area (Å²) in [6, 6.07) is 18.0. The van der Waals surface area contributed by atoms with E-state index in [1.165, 1.54) is 345 Å². The molecule has 0 aromatic heterocycles. The van der Waals surface area contributed by atoms with E-state index in [0.717, 1.165) is 43.2 Å².